The first kappa shape index (κ1) is 19.7. The second-order valence-corrected chi connectivity index (χ2v) is 6.81. The summed E-state index contributed by atoms with van der Waals surface area (Å²) in [5.41, 5.74) is 1.78. The van der Waals surface area contributed by atoms with E-state index in [2.05, 4.69) is 12.2 Å². The van der Waals surface area contributed by atoms with Gasteiger partial charge in [-0.1, -0.05) is 19.1 Å². The summed E-state index contributed by atoms with van der Waals surface area (Å²) in [7, 11) is 1.62. The fraction of sp³-hybridized carbons (Fsp3) is 0.364. The summed E-state index contributed by atoms with van der Waals surface area (Å²) in [6.45, 7) is 3.54. The minimum Gasteiger partial charge on any atom is -0.497 e. The van der Waals surface area contributed by atoms with Crippen LogP contribution in [-0.2, 0) is 16.1 Å². The number of methoxy groups -OCH3 is 1. The number of nitrogens with one attached hydrogen (secondary N) is 1. The van der Waals surface area contributed by atoms with Crippen molar-refractivity contribution < 1.29 is 19.1 Å². The third-order valence-electron chi connectivity index (χ3n) is 4.74. The molecule has 1 saturated heterocycles. The summed E-state index contributed by atoms with van der Waals surface area (Å²) in [6.07, 6.45) is 1.17. The van der Waals surface area contributed by atoms with Gasteiger partial charge < -0.3 is 19.7 Å². The van der Waals surface area contributed by atoms with Crippen molar-refractivity contribution in [1.29, 1.82) is 0 Å². The number of ether oxygens (including phenoxy) is 2. The Balaban J connectivity index is 1.54. The molecule has 1 atom stereocenters. The van der Waals surface area contributed by atoms with Crippen molar-refractivity contribution in [1.82, 2.24) is 5.32 Å². The molecule has 0 aliphatic carbocycles. The fourth-order valence-electron chi connectivity index (χ4n) is 3.15. The molecule has 3 rings (SSSR count). The van der Waals surface area contributed by atoms with Crippen LogP contribution in [0, 0.1) is 5.92 Å². The van der Waals surface area contributed by atoms with Gasteiger partial charge in [0, 0.05) is 25.2 Å². The molecular weight excluding hydrogens is 356 g/mol. The Morgan fingerprint density at radius 3 is 2.43 bits per heavy atom. The normalized spacial score (nSPS) is 16.1. The van der Waals surface area contributed by atoms with Crippen LogP contribution < -0.4 is 19.7 Å². The lowest BCUT2D eigenvalue weighted by atomic mass is 10.1. The van der Waals surface area contributed by atoms with Crippen LogP contribution in [0.1, 0.15) is 25.3 Å². The van der Waals surface area contributed by atoms with Gasteiger partial charge in [0.1, 0.15) is 11.5 Å². The Morgan fingerprint density at radius 1 is 1.11 bits per heavy atom. The minimum atomic E-state index is -0.346. The van der Waals surface area contributed by atoms with Gasteiger partial charge in [-0.15, -0.1) is 0 Å². The fourth-order valence-corrected chi connectivity index (χ4v) is 3.15. The highest BCUT2D eigenvalue weighted by atomic mass is 16.5. The monoisotopic (exact) mass is 382 g/mol. The molecule has 0 bridgehead atoms. The van der Waals surface area contributed by atoms with Crippen molar-refractivity contribution in [2.24, 2.45) is 5.92 Å². The number of carbonyl (C=O) groups excluding carboxylic acids is 2. The van der Waals surface area contributed by atoms with Gasteiger partial charge in [-0.25, -0.2) is 0 Å². The lowest BCUT2D eigenvalue weighted by molar-refractivity contribution is -0.126. The molecule has 1 fully saturated rings. The summed E-state index contributed by atoms with van der Waals surface area (Å²) in [6, 6.07) is 15.0. The predicted octanol–water partition coefficient (Wildman–Crippen LogP) is 3.15. The Labute approximate surface area is 165 Å². The third-order valence-corrected chi connectivity index (χ3v) is 4.74. The Kier molecular flexibility index (Phi) is 6.53. The first-order chi connectivity index (χ1) is 13.6. The van der Waals surface area contributed by atoms with E-state index in [4.69, 9.17) is 9.47 Å². The van der Waals surface area contributed by atoms with Gasteiger partial charge in [0.05, 0.1) is 19.6 Å². The highest BCUT2D eigenvalue weighted by Crippen LogP contribution is 2.27. The van der Waals surface area contributed by atoms with E-state index in [0.717, 1.165) is 29.2 Å². The maximum Gasteiger partial charge on any atom is 0.227 e. The van der Waals surface area contributed by atoms with Gasteiger partial charge in [0.25, 0.3) is 0 Å². The van der Waals surface area contributed by atoms with E-state index in [-0.39, 0.29) is 24.2 Å². The summed E-state index contributed by atoms with van der Waals surface area (Å²) in [4.78, 5) is 26.6. The molecular formula is C22H26N2O4. The van der Waals surface area contributed by atoms with Crippen LogP contribution in [0.3, 0.4) is 0 Å². The van der Waals surface area contributed by atoms with Gasteiger partial charge in [0.15, 0.2) is 0 Å². The maximum atomic E-state index is 12.5. The van der Waals surface area contributed by atoms with E-state index in [1.807, 2.05) is 48.5 Å². The molecule has 2 aromatic carbocycles. The lowest BCUT2D eigenvalue weighted by Crippen LogP contribution is -2.32. The zero-order chi connectivity index (χ0) is 19.9. The molecule has 0 saturated carbocycles. The zero-order valence-corrected chi connectivity index (χ0v) is 16.3. The molecule has 2 aromatic rings. The molecule has 0 radical (unpaired) electrons. The van der Waals surface area contributed by atoms with Gasteiger partial charge >= 0.3 is 0 Å². The second kappa shape index (κ2) is 9.26. The molecule has 1 aliphatic rings. The number of rotatable bonds is 8. The molecule has 0 aromatic heterocycles. The van der Waals surface area contributed by atoms with E-state index in [1.54, 1.807) is 12.0 Å². The molecule has 28 heavy (non-hydrogen) atoms. The van der Waals surface area contributed by atoms with Crippen LogP contribution in [-0.4, -0.2) is 32.1 Å². The summed E-state index contributed by atoms with van der Waals surface area (Å²) >= 11 is 0. The van der Waals surface area contributed by atoms with Crippen LogP contribution >= 0.6 is 0 Å². The van der Waals surface area contributed by atoms with Crippen LogP contribution in [0.15, 0.2) is 48.5 Å². The van der Waals surface area contributed by atoms with E-state index in [0.29, 0.717) is 19.7 Å². The van der Waals surface area contributed by atoms with E-state index in [9.17, 15) is 9.59 Å². The summed E-state index contributed by atoms with van der Waals surface area (Å²) < 4.78 is 10.7. The van der Waals surface area contributed by atoms with Crippen molar-refractivity contribution >= 4 is 17.5 Å². The number of hydrogen-bond donors (Lipinski definition) is 1. The summed E-state index contributed by atoms with van der Waals surface area (Å²) in [5, 5.41) is 2.92. The van der Waals surface area contributed by atoms with E-state index >= 15 is 0 Å². The molecule has 0 spiro atoms. The predicted molar refractivity (Wildman–Crippen MR) is 108 cm³/mol. The molecule has 6 heteroatoms. The van der Waals surface area contributed by atoms with Crippen molar-refractivity contribution in [2.75, 3.05) is 25.2 Å². The number of anilines is 1. The third kappa shape index (κ3) is 4.82. The van der Waals surface area contributed by atoms with Crippen molar-refractivity contribution in [3.05, 3.63) is 54.1 Å². The van der Waals surface area contributed by atoms with Gasteiger partial charge in [-0.05, 0) is 48.4 Å². The summed E-state index contributed by atoms with van der Waals surface area (Å²) in [5.74, 6) is 1.08. The molecule has 2 amide bonds. The average molecular weight is 382 g/mol. The van der Waals surface area contributed by atoms with Crippen molar-refractivity contribution in [3.63, 3.8) is 0 Å². The Morgan fingerprint density at radius 2 is 1.79 bits per heavy atom. The Hall–Kier alpha value is -3.02. The standard InChI is InChI=1S/C22H26N2O4/c1-3-12-28-20-10-6-18(7-11-20)24-15-17(13-21(24)25)22(26)23-14-16-4-8-19(27-2)9-5-16/h4-11,17H,3,12-15H2,1-2H3,(H,23,26)/t17-/m0/s1. The number of hydrogen-bond acceptors (Lipinski definition) is 4. The smallest absolute Gasteiger partial charge is 0.227 e. The van der Waals surface area contributed by atoms with Crippen molar-refractivity contribution in [2.45, 2.75) is 26.3 Å². The molecule has 148 valence electrons. The number of amides is 2. The molecule has 0 unspecified atom stereocenters. The first-order valence-electron chi connectivity index (χ1n) is 9.54. The zero-order valence-electron chi connectivity index (χ0n) is 16.3. The molecule has 1 aliphatic heterocycles. The van der Waals surface area contributed by atoms with Crippen LogP contribution in [0.2, 0.25) is 0 Å². The van der Waals surface area contributed by atoms with Crippen LogP contribution in [0.25, 0.3) is 0 Å². The number of benzene rings is 2. The maximum absolute atomic E-state index is 12.5. The van der Waals surface area contributed by atoms with Gasteiger partial charge in [-0.3, -0.25) is 9.59 Å². The molecule has 1 heterocycles. The number of carbonyl (C=O) groups is 2. The highest BCUT2D eigenvalue weighted by molar-refractivity contribution is 6.00. The topological polar surface area (TPSA) is 67.9 Å². The van der Waals surface area contributed by atoms with Crippen LogP contribution in [0.5, 0.6) is 11.5 Å². The quantitative estimate of drug-likeness (QED) is 0.762. The average Bonchev–Trinajstić information content (AvgIpc) is 3.13. The molecule has 6 nitrogen and oxygen atoms in total. The van der Waals surface area contributed by atoms with Crippen molar-refractivity contribution in [3.8, 4) is 11.5 Å². The Bertz CT molecular complexity index is 802. The van der Waals surface area contributed by atoms with E-state index < -0.39 is 0 Å². The SMILES string of the molecule is CCCOc1ccc(N2C[C@@H](C(=O)NCc3ccc(OC)cc3)CC2=O)cc1. The van der Waals surface area contributed by atoms with Gasteiger partial charge in [0.2, 0.25) is 11.8 Å². The van der Waals surface area contributed by atoms with E-state index in [1.165, 1.54) is 0 Å². The van der Waals surface area contributed by atoms with Gasteiger partial charge in [-0.2, -0.15) is 0 Å². The lowest BCUT2D eigenvalue weighted by Gasteiger charge is -2.17. The minimum absolute atomic E-state index is 0.0353. The van der Waals surface area contributed by atoms with Crippen LogP contribution in [0.4, 0.5) is 5.69 Å². The highest BCUT2D eigenvalue weighted by Gasteiger charge is 2.34. The first-order valence-corrected chi connectivity index (χ1v) is 9.54. The second-order valence-electron chi connectivity index (χ2n) is 6.81. The largest absolute Gasteiger partial charge is 0.497 e. The number of nitrogens with zero attached hydrogens (tertiary/aromatic N) is 1. The molecule has 1 N–H and O–H groups in total.